The highest BCUT2D eigenvalue weighted by Crippen LogP contribution is 2.15. The van der Waals surface area contributed by atoms with Gasteiger partial charge in [0.1, 0.15) is 0 Å². The lowest BCUT2D eigenvalue weighted by molar-refractivity contribution is -0.895. The number of aryl methyl sites for hydroxylation is 1. The Balaban J connectivity index is 1.71. The molecule has 1 atom stereocenters. The number of nitrogens with zero attached hydrogens (tertiary/aromatic N) is 1. The van der Waals surface area contributed by atoms with E-state index >= 15 is 0 Å². The van der Waals surface area contributed by atoms with Gasteiger partial charge < -0.3 is 20.4 Å². The lowest BCUT2D eigenvalue weighted by atomic mass is 9.99. The number of carbonyl (C=O) groups is 1. The van der Waals surface area contributed by atoms with Gasteiger partial charge in [0.05, 0.1) is 26.2 Å². The average molecular weight is 420 g/mol. The van der Waals surface area contributed by atoms with E-state index in [1.165, 1.54) is 36.1 Å². The quantitative estimate of drug-likeness (QED) is 0.510. The third-order valence-electron chi connectivity index (χ3n) is 5.93. The molecule has 1 fully saturated rings. The van der Waals surface area contributed by atoms with Crippen LogP contribution in [0.25, 0.3) is 0 Å². The summed E-state index contributed by atoms with van der Waals surface area (Å²) < 4.78 is 0. The Hall–Kier alpha value is -1.66. The molecule has 1 aromatic carbocycles. The molecule has 0 radical (unpaired) electrons. The standard InChI is InChI=1S/C23H38N4OS/c1-4-7-10-19(5-2)17-24-23(29)27-15-13-26(14-16-27)18-22(28)25-21-12-9-8-11-20(21)6-3/h8-9,11-12,19H,4-7,10,13-18H2,1-3H3,(H,24,29)(H,25,28)/p+1/t19-/m1/s1. The van der Waals surface area contributed by atoms with Crippen molar-refractivity contribution < 1.29 is 9.69 Å². The summed E-state index contributed by atoms with van der Waals surface area (Å²) in [7, 11) is 0. The highest BCUT2D eigenvalue weighted by molar-refractivity contribution is 7.80. The van der Waals surface area contributed by atoms with E-state index in [9.17, 15) is 4.79 Å². The smallest absolute Gasteiger partial charge is 0.279 e. The molecule has 0 saturated carbocycles. The van der Waals surface area contributed by atoms with Crippen LogP contribution in [0.3, 0.4) is 0 Å². The number of anilines is 1. The Morgan fingerprint density at radius 2 is 1.93 bits per heavy atom. The summed E-state index contributed by atoms with van der Waals surface area (Å²) in [6.07, 6.45) is 5.94. The van der Waals surface area contributed by atoms with E-state index in [1.54, 1.807) is 0 Å². The normalized spacial score (nSPS) is 15.8. The van der Waals surface area contributed by atoms with Crippen molar-refractivity contribution in [3.63, 3.8) is 0 Å². The molecule has 3 N–H and O–H groups in total. The van der Waals surface area contributed by atoms with Gasteiger partial charge >= 0.3 is 0 Å². The van der Waals surface area contributed by atoms with Gasteiger partial charge in [-0.05, 0) is 42.6 Å². The molecule has 1 saturated heterocycles. The number of amides is 1. The number of quaternary nitrogens is 1. The van der Waals surface area contributed by atoms with Crippen LogP contribution in [0.1, 0.15) is 52.0 Å². The molecule has 0 spiro atoms. The maximum absolute atomic E-state index is 12.5. The number of unbranched alkanes of at least 4 members (excludes halogenated alkanes) is 1. The van der Waals surface area contributed by atoms with Gasteiger partial charge in [-0.3, -0.25) is 4.79 Å². The van der Waals surface area contributed by atoms with Crippen molar-refractivity contribution in [2.75, 3.05) is 44.6 Å². The lowest BCUT2D eigenvalue weighted by Crippen LogP contribution is -3.15. The minimum Gasteiger partial charge on any atom is -0.362 e. The van der Waals surface area contributed by atoms with E-state index < -0.39 is 0 Å². The Morgan fingerprint density at radius 1 is 1.21 bits per heavy atom. The van der Waals surface area contributed by atoms with E-state index in [0.29, 0.717) is 12.5 Å². The molecule has 2 rings (SSSR count). The average Bonchev–Trinajstić information content (AvgIpc) is 2.74. The zero-order valence-corrected chi connectivity index (χ0v) is 19.2. The maximum Gasteiger partial charge on any atom is 0.279 e. The zero-order valence-electron chi connectivity index (χ0n) is 18.4. The second-order valence-electron chi connectivity index (χ2n) is 8.08. The van der Waals surface area contributed by atoms with Gasteiger partial charge in [0, 0.05) is 12.2 Å². The minimum absolute atomic E-state index is 0.0942. The van der Waals surface area contributed by atoms with E-state index in [1.807, 2.05) is 18.2 Å². The summed E-state index contributed by atoms with van der Waals surface area (Å²) in [6, 6.07) is 8.04. The van der Waals surface area contributed by atoms with Gasteiger partial charge in [-0.25, -0.2) is 0 Å². The van der Waals surface area contributed by atoms with Crippen LogP contribution in [0.2, 0.25) is 0 Å². The molecule has 5 nitrogen and oxygen atoms in total. The predicted octanol–water partition coefficient (Wildman–Crippen LogP) is 2.48. The number of piperazine rings is 1. The number of hydrogen-bond donors (Lipinski definition) is 3. The minimum atomic E-state index is 0.0942. The summed E-state index contributed by atoms with van der Waals surface area (Å²) in [4.78, 5) is 16.1. The highest BCUT2D eigenvalue weighted by atomic mass is 32.1. The molecule has 1 aliphatic heterocycles. The van der Waals surface area contributed by atoms with Gasteiger partial charge in [0.15, 0.2) is 11.7 Å². The van der Waals surface area contributed by atoms with Gasteiger partial charge in [-0.2, -0.15) is 0 Å². The third-order valence-corrected chi connectivity index (χ3v) is 6.33. The van der Waals surface area contributed by atoms with E-state index in [0.717, 1.165) is 49.9 Å². The van der Waals surface area contributed by atoms with Gasteiger partial charge in [0.2, 0.25) is 0 Å². The zero-order chi connectivity index (χ0) is 21.1. The SMILES string of the molecule is CCCC[C@@H](CC)CNC(=S)N1CC[NH+](CC(=O)Nc2ccccc2CC)CC1. The number of nitrogens with one attached hydrogen (secondary N) is 3. The van der Waals surface area contributed by atoms with Crippen molar-refractivity contribution in [1.82, 2.24) is 10.2 Å². The predicted molar refractivity (Wildman–Crippen MR) is 125 cm³/mol. The largest absolute Gasteiger partial charge is 0.362 e. The fourth-order valence-corrected chi connectivity index (χ4v) is 4.13. The first kappa shape index (κ1) is 23.6. The van der Waals surface area contributed by atoms with Crippen LogP contribution in [0.5, 0.6) is 0 Å². The molecule has 0 bridgehead atoms. The van der Waals surface area contributed by atoms with Gasteiger partial charge in [0.25, 0.3) is 5.91 Å². The molecule has 0 aromatic heterocycles. The van der Waals surface area contributed by atoms with E-state index in [4.69, 9.17) is 12.2 Å². The summed E-state index contributed by atoms with van der Waals surface area (Å²) in [5.41, 5.74) is 2.12. The third kappa shape index (κ3) is 7.94. The van der Waals surface area contributed by atoms with Crippen LogP contribution in [-0.4, -0.2) is 55.2 Å². The molecule has 1 amide bonds. The Morgan fingerprint density at radius 3 is 2.59 bits per heavy atom. The maximum atomic E-state index is 12.5. The molecule has 0 aliphatic carbocycles. The second kappa shape index (κ2) is 12.8. The molecule has 162 valence electrons. The number of thiocarbonyl (C=S) groups is 1. The second-order valence-corrected chi connectivity index (χ2v) is 8.46. The van der Waals surface area contributed by atoms with Crippen molar-refractivity contribution in [1.29, 1.82) is 0 Å². The number of hydrogen-bond acceptors (Lipinski definition) is 2. The first-order valence-electron chi connectivity index (χ1n) is 11.3. The molecule has 1 aliphatic rings. The lowest BCUT2D eigenvalue weighted by Gasteiger charge is -2.34. The summed E-state index contributed by atoms with van der Waals surface area (Å²) in [5, 5.41) is 7.44. The molecule has 1 heterocycles. The van der Waals surface area contributed by atoms with Crippen molar-refractivity contribution in [3.05, 3.63) is 29.8 Å². The molecule has 1 aromatic rings. The van der Waals surface area contributed by atoms with Gasteiger partial charge in [-0.1, -0.05) is 58.2 Å². The number of rotatable bonds is 10. The van der Waals surface area contributed by atoms with Crippen LogP contribution in [0.15, 0.2) is 24.3 Å². The van der Waals surface area contributed by atoms with Crippen LogP contribution < -0.4 is 15.5 Å². The summed E-state index contributed by atoms with van der Waals surface area (Å²) >= 11 is 5.62. The molecule has 0 unspecified atom stereocenters. The number of para-hydroxylation sites is 1. The molecule has 6 heteroatoms. The van der Waals surface area contributed by atoms with Crippen molar-refractivity contribution in [2.24, 2.45) is 5.92 Å². The van der Waals surface area contributed by atoms with Crippen LogP contribution in [-0.2, 0) is 11.2 Å². The van der Waals surface area contributed by atoms with Crippen LogP contribution >= 0.6 is 12.2 Å². The first-order chi connectivity index (χ1) is 14.1. The Bertz CT molecular complexity index is 644. The fraction of sp³-hybridized carbons (Fsp3) is 0.652. The summed E-state index contributed by atoms with van der Waals surface area (Å²) in [5.74, 6) is 0.797. The fourth-order valence-electron chi connectivity index (χ4n) is 3.86. The summed E-state index contributed by atoms with van der Waals surface area (Å²) in [6.45, 7) is 11.8. The topological polar surface area (TPSA) is 48.8 Å². The Labute approximate surface area is 182 Å². The first-order valence-corrected chi connectivity index (χ1v) is 11.7. The van der Waals surface area contributed by atoms with Crippen LogP contribution in [0, 0.1) is 5.92 Å². The molecular weight excluding hydrogens is 380 g/mol. The van der Waals surface area contributed by atoms with E-state index in [-0.39, 0.29) is 5.91 Å². The molecular formula is C23H39N4OS+. The highest BCUT2D eigenvalue weighted by Gasteiger charge is 2.24. The molecule has 29 heavy (non-hydrogen) atoms. The number of carbonyl (C=O) groups excluding carboxylic acids is 1. The number of benzene rings is 1. The monoisotopic (exact) mass is 419 g/mol. The Kier molecular flexibility index (Phi) is 10.4. The van der Waals surface area contributed by atoms with Crippen molar-refractivity contribution >= 4 is 28.9 Å². The van der Waals surface area contributed by atoms with Gasteiger partial charge in [-0.15, -0.1) is 0 Å². The van der Waals surface area contributed by atoms with E-state index in [2.05, 4.69) is 42.4 Å². The van der Waals surface area contributed by atoms with Crippen LogP contribution in [0.4, 0.5) is 5.69 Å². The van der Waals surface area contributed by atoms with Crippen molar-refractivity contribution in [2.45, 2.75) is 52.9 Å². The van der Waals surface area contributed by atoms with Crippen molar-refractivity contribution in [3.8, 4) is 0 Å².